The predicted octanol–water partition coefficient (Wildman–Crippen LogP) is 2.83. The molecule has 0 aromatic heterocycles. The second-order valence-corrected chi connectivity index (χ2v) is 2.92. The SMILES string of the molecule is C#CCN(C)c1ccccc1Cl.Cl. The van der Waals surface area contributed by atoms with E-state index in [0.29, 0.717) is 6.54 Å². The molecule has 0 unspecified atom stereocenters. The average Bonchev–Trinajstić information content (AvgIpc) is 2.05. The van der Waals surface area contributed by atoms with Gasteiger partial charge in [-0.05, 0) is 12.1 Å². The molecule has 0 N–H and O–H groups in total. The van der Waals surface area contributed by atoms with E-state index in [2.05, 4.69) is 5.92 Å². The molecule has 0 atom stereocenters. The van der Waals surface area contributed by atoms with E-state index in [1.807, 2.05) is 36.2 Å². The second-order valence-electron chi connectivity index (χ2n) is 2.51. The third-order valence-electron chi connectivity index (χ3n) is 1.59. The summed E-state index contributed by atoms with van der Waals surface area (Å²) in [5.74, 6) is 2.56. The molecule has 0 saturated carbocycles. The maximum atomic E-state index is 5.94. The summed E-state index contributed by atoms with van der Waals surface area (Å²) in [5, 5.41) is 0.732. The average molecular weight is 216 g/mol. The van der Waals surface area contributed by atoms with Crippen molar-refractivity contribution >= 4 is 29.7 Å². The van der Waals surface area contributed by atoms with Crippen LogP contribution in [-0.2, 0) is 0 Å². The van der Waals surface area contributed by atoms with Gasteiger partial charge in [-0.25, -0.2) is 0 Å². The number of benzene rings is 1. The number of anilines is 1. The molecule has 1 aromatic carbocycles. The Morgan fingerprint density at radius 2 is 2.08 bits per heavy atom. The van der Waals surface area contributed by atoms with Gasteiger partial charge in [-0.2, -0.15) is 0 Å². The zero-order valence-corrected chi connectivity index (χ0v) is 8.90. The molecule has 0 aliphatic rings. The first-order chi connectivity index (χ1) is 5.75. The molecular weight excluding hydrogens is 205 g/mol. The smallest absolute Gasteiger partial charge is 0.0788 e. The van der Waals surface area contributed by atoms with E-state index in [1.165, 1.54) is 0 Å². The Hall–Kier alpha value is -0.840. The standard InChI is InChI=1S/C10H10ClN.ClH/c1-3-8-12(2)10-7-5-4-6-9(10)11;/h1,4-7H,8H2,2H3;1H. The van der Waals surface area contributed by atoms with Crippen molar-refractivity contribution in [3.8, 4) is 12.3 Å². The molecule has 0 amide bonds. The molecule has 0 saturated heterocycles. The number of nitrogens with zero attached hydrogens (tertiary/aromatic N) is 1. The first kappa shape index (κ1) is 12.2. The van der Waals surface area contributed by atoms with Crippen LogP contribution in [0.25, 0.3) is 0 Å². The highest BCUT2D eigenvalue weighted by Crippen LogP contribution is 2.23. The zero-order valence-electron chi connectivity index (χ0n) is 7.33. The molecule has 0 spiro atoms. The monoisotopic (exact) mass is 215 g/mol. The van der Waals surface area contributed by atoms with Crippen LogP contribution in [0.4, 0.5) is 5.69 Å². The predicted molar refractivity (Wildman–Crippen MR) is 60.8 cm³/mol. The minimum Gasteiger partial charge on any atom is -0.362 e. The summed E-state index contributed by atoms with van der Waals surface area (Å²) in [6.45, 7) is 0.573. The maximum Gasteiger partial charge on any atom is 0.0788 e. The zero-order chi connectivity index (χ0) is 8.97. The molecule has 0 heterocycles. The van der Waals surface area contributed by atoms with Crippen LogP contribution in [0.2, 0.25) is 5.02 Å². The van der Waals surface area contributed by atoms with E-state index in [1.54, 1.807) is 0 Å². The number of para-hydroxylation sites is 1. The lowest BCUT2D eigenvalue weighted by molar-refractivity contribution is 1.05. The summed E-state index contributed by atoms with van der Waals surface area (Å²) < 4.78 is 0. The topological polar surface area (TPSA) is 3.24 Å². The number of halogens is 2. The first-order valence-corrected chi connectivity index (χ1v) is 4.02. The van der Waals surface area contributed by atoms with Crippen molar-refractivity contribution in [2.75, 3.05) is 18.5 Å². The summed E-state index contributed by atoms with van der Waals surface area (Å²) in [4.78, 5) is 1.93. The minimum absolute atomic E-state index is 0. The van der Waals surface area contributed by atoms with Crippen LogP contribution in [0.15, 0.2) is 24.3 Å². The lowest BCUT2D eigenvalue weighted by Crippen LogP contribution is -2.17. The molecule has 1 rings (SSSR count). The quantitative estimate of drug-likeness (QED) is 0.687. The number of hydrogen-bond acceptors (Lipinski definition) is 1. The van der Waals surface area contributed by atoms with Gasteiger partial charge in [-0.3, -0.25) is 0 Å². The molecule has 0 fully saturated rings. The fourth-order valence-corrected chi connectivity index (χ4v) is 1.26. The molecule has 0 bridgehead atoms. The van der Waals surface area contributed by atoms with Gasteiger partial charge >= 0.3 is 0 Å². The van der Waals surface area contributed by atoms with Crippen LogP contribution in [0.1, 0.15) is 0 Å². The van der Waals surface area contributed by atoms with Crippen molar-refractivity contribution < 1.29 is 0 Å². The molecule has 3 heteroatoms. The van der Waals surface area contributed by atoms with Gasteiger partial charge in [0.2, 0.25) is 0 Å². The van der Waals surface area contributed by atoms with Crippen molar-refractivity contribution in [2.45, 2.75) is 0 Å². The van der Waals surface area contributed by atoms with Crippen molar-refractivity contribution in [2.24, 2.45) is 0 Å². The maximum absolute atomic E-state index is 5.94. The molecule has 1 nitrogen and oxygen atoms in total. The van der Waals surface area contributed by atoms with E-state index >= 15 is 0 Å². The van der Waals surface area contributed by atoms with Crippen LogP contribution in [0.3, 0.4) is 0 Å². The lowest BCUT2D eigenvalue weighted by atomic mass is 10.3. The first-order valence-electron chi connectivity index (χ1n) is 3.65. The summed E-state index contributed by atoms with van der Waals surface area (Å²) in [6.07, 6.45) is 5.18. The molecule has 13 heavy (non-hydrogen) atoms. The van der Waals surface area contributed by atoms with Gasteiger partial charge in [-0.1, -0.05) is 29.7 Å². The molecule has 0 aliphatic heterocycles. The number of rotatable bonds is 2. The Morgan fingerprint density at radius 3 is 2.62 bits per heavy atom. The van der Waals surface area contributed by atoms with Crippen LogP contribution >= 0.6 is 24.0 Å². The Balaban J connectivity index is 0.00000144. The Kier molecular flexibility index (Phi) is 5.37. The largest absolute Gasteiger partial charge is 0.362 e. The Morgan fingerprint density at radius 1 is 1.46 bits per heavy atom. The summed E-state index contributed by atoms with van der Waals surface area (Å²) in [6, 6.07) is 7.63. The highest BCUT2D eigenvalue weighted by Gasteiger charge is 2.01. The van der Waals surface area contributed by atoms with Gasteiger partial charge in [0.05, 0.1) is 17.3 Å². The number of hydrogen-bond donors (Lipinski definition) is 0. The van der Waals surface area contributed by atoms with Crippen molar-refractivity contribution in [3.05, 3.63) is 29.3 Å². The third-order valence-corrected chi connectivity index (χ3v) is 1.91. The summed E-state index contributed by atoms with van der Waals surface area (Å²) in [7, 11) is 1.92. The van der Waals surface area contributed by atoms with Crippen molar-refractivity contribution in [3.63, 3.8) is 0 Å². The summed E-state index contributed by atoms with van der Waals surface area (Å²) >= 11 is 5.94. The highest BCUT2D eigenvalue weighted by atomic mass is 35.5. The van der Waals surface area contributed by atoms with Crippen LogP contribution in [-0.4, -0.2) is 13.6 Å². The molecule has 0 aliphatic carbocycles. The van der Waals surface area contributed by atoms with Crippen molar-refractivity contribution in [1.29, 1.82) is 0 Å². The second kappa shape index (κ2) is 5.75. The van der Waals surface area contributed by atoms with E-state index in [4.69, 9.17) is 18.0 Å². The van der Waals surface area contributed by atoms with Crippen molar-refractivity contribution in [1.82, 2.24) is 0 Å². The molecule has 1 aromatic rings. The van der Waals surface area contributed by atoms with Crippen LogP contribution in [0, 0.1) is 12.3 Å². The highest BCUT2D eigenvalue weighted by molar-refractivity contribution is 6.33. The van der Waals surface area contributed by atoms with E-state index < -0.39 is 0 Å². The Labute approximate surface area is 90.1 Å². The normalized spacial score (nSPS) is 8.38. The van der Waals surface area contributed by atoms with Crippen LogP contribution in [0.5, 0.6) is 0 Å². The van der Waals surface area contributed by atoms with E-state index in [0.717, 1.165) is 10.7 Å². The summed E-state index contributed by atoms with van der Waals surface area (Å²) in [5.41, 5.74) is 0.970. The Bertz CT molecular complexity index is 304. The fourth-order valence-electron chi connectivity index (χ4n) is 0.983. The minimum atomic E-state index is 0. The van der Waals surface area contributed by atoms with Crippen LogP contribution < -0.4 is 4.90 Å². The van der Waals surface area contributed by atoms with Gasteiger partial charge in [0, 0.05) is 7.05 Å². The molecule has 70 valence electrons. The van der Waals surface area contributed by atoms with Gasteiger partial charge < -0.3 is 4.90 Å². The number of terminal acetylenes is 1. The molecule has 0 radical (unpaired) electrons. The van der Waals surface area contributed by atoms with Gasteiger partial charge in [0.15, 0.2) is 0 Å². The van der Waals surface area contributed by atoms with Gasteiger partial charge in [-0.15, -0.1) is 18.8 Å². The lowest BCUT2D eigenvalue weighted by Gasteiger charge is -2.16. The van der Waals surface area contributed by atoms with Gasteiger partial charge in [0.1, 0.15) is 0 Å². The van der Waals surface area contributed by atoms with Gasteiger partial charge in [0.25, 0.3) is 0 Å². The third kappa shape index (κ3) is 3.18. The van der Waals surface area contributed by atoms with E-state index in [-0.39, 0.29) is 12.4 Å². The van der Waals surface area contributed by atoms with E-state index in [9.17, 15) is 0 Å². The molecular formula is C10H11Cl2N. The fraction of sp³-hybridized carbons (Fsp3) is 0.200.